The zero-order valence-corrected chi connectivity index (χ0v) is 81.1. The van der Waals surface area contributed by atoms with Crippen molar-refractivity contribution >= 4 is 149 Å². The molecule has 8 fully saturated rings. The lowest BCUT2D eigenvalue weighted by Gasteiger charge is -2.57. The first-order valence-electron chi connectivity index (χ1n) is 50.6. The third-order valence-corrected chi connectivity index (χ3v) is 33.1. The van der Waals surface area contributed by atoms with Gasteiger partial charge in [0.15, 0.2) is 0 Å². The van der Waals surface area contributed by atoms with Crippen LogP contribution in [0.4, 0.5) is 34.1 Å². The number of hydrogen-bond donors (Lipinski definition) is 8. The van der Waals surface area contributed by atoms with E-state index in [4.69, 9.17) is 10.2 Å². The number of nitrogens with one attached hydrogen (secondary N) is 8. The molecule has 0 radical (unpaired) electrons. The second-order valence-electron chi connectivity index (χ2n) is 43.1. The van der Waals surface area contributed by atoms with E-state index in [1.54, 1.807) is 0 Å². The highest BCUT2D eigenvalue weighted by Crippen LogP contribution is 2.67. The number of rotatable bonds is 38. The summed E-state index contributed by atoms with van der Waals surface area (Å²) in [6, 6.07) is 39.5. The number of carbonyl (C=O) groups is 12. The van der Waals surface area contributed by atoms with Gasteiger partial charge in [-0.15, -0.1) is 0 Å². The van der Waals surface area contributed by atoms with E-state index in [0.717, 1.165) is 106 Å². The maximum atomic E-state index is 15.6. The number of carbonyl (C=O) groups excluding carboxylic acids is 12. The van der Waals surface area contributed by atoms with Crippen molar-refractivity contribution in [3.8, 4) is 0 Å². The van der Waals surface area contributed by atoms with Gasteiger partial charge < -0.3 is 30.4 Å². The van der Waals surface area contributed by atoms with Crippen LogP contribution in [0.2, 0.25) is 0 Å². The van der Waals surface area contributed by atoms with E-state index in [1.807, 2.05) is 121 Å². The third-order valence-electron chi connectivity index (χ3n) is 33.1. The molecular formula is C110H140N12O12. The summed E-state index contributed by atoms with van der Waals surface area (Å²) in [4.78, 5) is 176. The average Bonchev–Trinajstić information content (AvgIpc) is 0.909. The van der Waals surface area contributed by atoms with Crippen molar-refractivity contribution in [3.63, 3.8) is 0 Å². The summed E-state index contributed by atoms with van der Waals surface area (Å²) >= 11 is 0. The quantitative estimate of drug-likeness (QED) is 0.0132. The van der Waals surface area contributed by atoms with Gasteiger partial charge in [-0.25, -0.2) is 0 Å². The van der Waals surface area contributed by atoms with Gasteiger partial charge in [0.2, 0.25) is 70.9 Å². The van der Waals surface area contributed by atoms with Crippen LogP contribution in [-0.2, 0) is 70.6 Å². The van der Waals surface area contributed by atoms with Gasteiger partial charge in [0.25, 0.3) is 0 Å². The lowest BCUT2D eigenvalue weighted by molar-refractivity contribution is -0.171. The lowest BCUT2D eigenvalue weighted by atomic mass is 9.47. The summed E-state index contributed by atoms with van der Waals surface area (Å²) in [5, 5.41) is 37.4. The van der Waals surface area contributed by atoms with E-state index in [-0.39, 0.29) is 70.9 Å². The largest absolute Gasteiger partial charge is 0.336 e. The SMILES string of the molecule is CCCC1(C(=O)Nc2ccc3c(c2)c2cc(NC(=O)C4(CCC)C[C@@]5(CCC)C[C@@](CCC)(C4)C(=O)NC5=O)ccc2n3Cc2ccc(N=Nc3ccc(Cn4c5ccc(NC(=O)C6(CCC)C[C@@]7(CCC)C[C@@](CCC)(C6)C(=O)NC7=O)cc5c5cc(NC(=O)C6(CCC)C[C@@]7(CCC)C[C@@](CCC)(C6)C(=O)NC7=O)ccc54)cc3)cc2)C[C@@]2(CCC)C[C@@](CCC)(C1)C(=O)NC2=O. The van der Waals surface area contributed by atoms with Gasteiger partial charge in [-0.05, 0) is 262 Å². The van der Waals surface area contributed by atoms with E-state index < -0.39 is 65.0 Å². The number of piperidine rings is 4. The summed E-state index contributed by atoms with van der Waals surface area (Å²) in [5.74, 6) is -3.09. The number of amides is 12. The molecule has 134 heavy (non-hydrogen) atoms. The molecule has 4 aliphatic carbocycles. The molecule has 6 heterocycles. The van der Waals surface area contributed by atoms with Crippen LogP contribution in [0.3, 0.4) is 0 Å². The number of benzene rings is 6. The summed E-state index contributed by atoms with van der Waals surface area (Å²) in [6.07, 6.45) is 19.4. The molecule has 2 aromatic heterocycles. The van der Waals surface area contributed by atoms with Crippen molar-refractivity contribution in [3.05, 3.63) is 132 Å². The lowest BCUT2D eigenvalue weighted by Crippen LogP contribution is -2.65. The molecule has 16 rings (SSSR count). The predicted molar refractivity (Wildman–Crippen MR) is 525 cm³/mol. The highest BCUT2D eigenvalue weighted by Gasteiger charge is 2.69. The Bertz CT molecular complexity index is 5250. The van der Waals surface area contributed by atoms with Crippen LogP contribution < -0.4 is 42.5 Å². The molecular weight excluding hydrogens is 1680 g/mol. The van der Waals surface area contributed by atoms with Crippen LogP contribution in [0.25, 0.3) is 43.6 Å². The Labute approximate surface area is 788 Å². The van der Waals surface area contributed by atoms with Gasteiger partial charge in [0.05, 0.1) is 76.4 Å². The number of fused-ring (bicyclic) bond motifs is 14. The van der Waals surface area contributed by atoms with Gasteiger partial charge in [-0.1, -0.05) is 184 Å². The fourth-order valence-corrected chi connectivity index (χ4v) is 28.9. The highest BCUT2D eigenvalue weighted by molar-refractivity contribution is 6.16. The second-order valence-corrected chi connectivity index (χ2v) is 43.1. The number of aromatic nitrogens is 2. The number of imide groups is 4. The van der Waals surface area contributed by atoms with Crippen LogP contribution in [0, 0.1) is 65.0 Å². The summed E-state index contributed by atoms with van der Waals surface area (Å²) in [5.41, 5.74) is -2.23. The van der Waals surface area contributed by atoms with Crippen LogP contribution in [0.15, 0.2) is 132 Å². The molecule has 712 valence electrons. The summed E-state index contributed by atoms with van der Waals surface area (Å²) in [6.45, 7) is 25.4. The number of anilines is 4. The Morgan fingerprint density at radius 1 is 0.254 bits per heavy atom. The molecule has 12 amide bonds. The molecule has 24 nitrogen and oxygen atoms in total. The maximum absolute atomic E-state index is 15.6. The predicted octanol–water partition coefficient (Wildman–Crippen LogP) is 23.0. The molecule has 8 aromatic rings. The summed E-state index contributed by atoms with van der Waals surface area (Å²) in [7, 11) is 0. The van der Waals surface area contributed by atoms with Crippen molar-refractivity contribution in [1.82, 2.24) is 30.4 Å². The number of azo groups is 1. The normalized spacial score (nSPS) is 29.4. The first-order chi connectivity index (χ1) is 64.2. The minimum Gasteiger partial charge on any atom is -0.336 e. The van der Waals surface area contributed by atoms with E-state index in [2.05, 4.69) is 135 Å². The zero-order chi connectivity index (χ0) is 95.4. The Morgan fingerprint density at radius 2 is 0.433 bits per heavy atom. The average molecular weight is 1820 g/mol. The Kier molecular flexibility index (Phi) is 26.7. The smallest absolute Gasteiger partial charge is 0.232 e. The van der Waals surface area contributed by atoms with Gasteiger partial charge in [-0.3, -0.25) is 78.8 Å². The van der Waals surface area contributed by atoms with E-state index in [1.165, 1.54) is 0 Å². The van der Waals surface area contributed by atoms with Crippen LogP contribution in [0.5, 0.6) is 0 Å². The standard InChI is InChI=1S/C110H140N12O12/c1-13-41-99(59-103(45-17-5)67-104(60-99,46-18-6)92(128)115-91(103)127)87(123)111-75-33-37-83-79(53-75)80-54-76(112-88(124)100(42-14-2)61-105(47-19-7)68-106(62-100,48-20-8)94(130)116-93(105)129)34-38-84(80)121(83)57-71-25-29-73(30-26-71)119-120-74-31-27-72(28-32-74)58-122-85-39-35-77(113-89(125)101(43-15-3)63-107(49-21-9)69-108(64-101,50-22-10)96(132)117-95(107)131)55-81(85)82-56-78(36-40-86(82)122)114-90(126)102(44-16-4)65-109(51-23-11)70-110(66-102,52-24-12)98(134)118-97(109)133/h25-40,53-56H,13-24,41-52,57-70H2,1-12H3,(H,111,123)(H,112,124)(H,113,125)(H,114,126)(H,115,127,128)(H,116,129,130)(H,117,131,132)(H,118,133,134)/t99?,100?,101?,102?,103-,104+,105-,106+,107-,108+,109-,110+. The molecule has 24 heteroatoms. The number of nitrogens with zero attached hydrogens (tertiary/aromatic N) is 4. The van der Waals surface area contributed by atoms with Crippen molar-refractivity contribution in [2.75, 3.05) is 21.3 Å². The molecule has 8 bridgehead atoms. The second kappa shape index (κ2) is 37.2. The molecule has 4 saturated heterocycles. The fraction of sp³-hybridized carbons (Fsp3) is 0.564. The van der Waals surface area contributed by atoms with E-state index in [9.17, 15) is 38.4 Å². The van der Waals surface area contributed by atoms with Crippen molar-refractivity contribution < 1.29 is 57.5 Å². The van der Waals surface area contributed by atoms with Gasteiger partial charge in [0.1, 0.15) is 0 Å². The highest BCUT2D eigenvalue weighted by atomic mass is 16.2. The molecule has 4 unspecified atom stereocenters. The minimum atomic E-state index is -1.01. The van der Waals surface area contributed by atoms with Crippen LogP contribution >= 0.6 is 0 Å². The van der Waals surface area contributed by atoms with Gasteiger partial charge >= 0.3 is 0 Å². The van der Waals surface area contributed by atoms with Crippen LogP contribution in [-0.4, -0.2) is 80.0 Å². The Balaban J connectivity index is 0.699. The minimum absolute atomic E-state index is 0.211. The van der Waals surface area contributed by atoms with E-state index >= 15 is 19.2 Å². The van der Waals surface area contributed by atoms with E-state index in [0.29, 0.717) is 227 Å². The number of hydrogen-bond acceptors (Lipinski definition) is 14. The monoisotopic (exact) mass is 1820 g/mol. The molecule has 4 saturated carbocycles. The van der Waals surface area contributed by atoms with Gasteiger partial charge in [-0.2, -0.15) is 10.2 Å². The molecule has 4 aliphatic heterocycles. The molecule has 8 N–H and O–H groups in total. The fourth-order valence-electron chi connectivity index (χ4n) is 28.9. The summed E-state index contributed by atoms with van der Waals surface area (Å²) < 4.78 is 4.45. The molecule has 8 aliphatic rings. The third kappa shape index (κ3) is 16.8. The zero-order valence-electron chi connectivity index (χ0n) is 81.1. The Hall–Kier alpha value is -11.0. The topological polar surface area (TPSA) is 336 Å². The maximum Gasteiger partial charge on any atom is 0.232 e. The van der Waals surface area contributed by atoms with Crippen LogP contribution in [0.1, 0.15) is 325 Å². The molecule has 0 spiro atoms. The van der Waals surface area contributed by atoms with Crippen molar-refractivity contribution in [2.24, 2.45) is 75.2 Å². The molecule has 12 atom stereocenters. The molecule has 6 aromatic carbocycles. The van der Waals surface area contributed by atoms with Crippen molar-refractivity contribution in [2.45, 2.75) is 327 Å². The first-order valence-corrected chi connectivity index (χ1v) is 50.6. The van der Waals surface area contributed by atoms with Gasteiger partial charge in [0, 0.05) is 79.5 Å². The Morgan fingerprint density at radius 3 is 0.604 bits per heavy atom. The first kappa shape index (κ1) is 96.1. The van der Waals surface area contributed by atoms with Crippen molar-refractivity contribution in [1.29, 1.82) is 0 Å².